The van der Waals surface area contributed by atoms with E-state index < -0.39 is 0 Å². The molecule has 4 atom stereocenters. The summed E-state index contributed by atoms with van der Waals surface area (Å²) in [6.07, 6.45) is 3.27. The lowest BCUT2D eigenvalue weighted by atomic mass is 9.86. The third-order valence-corrected chi connectivity index (χ3v) is 9.78. The molecule has 43 heavy (non-hydrogen) atoms. The van der Waals surface area contributed by atoms with Crippen LogP contribution in [0.2, 0.25) is 0 Å². The van der Waals surface area contributed by atoms with Crippen LogP contribution in [0.5, 0.6) is 0 Å². The predicted molar refractivity (Wildman–Crippen MR) is 178 cm³/mol. The molecule has 5 aromatic rings. The highest BCUT2D eigenvalue weighted by atomic mass is 32.1. The predicted octanol–water partition coefficient (Wildman–Crippen LogP) is 9.77. The highest BCUT2D eigenvalue weighted by Gasteiger charge is 2.41. The molecule has 6 rings (SSSR count). The van der Waals surface area contributed by atoms with E-state index in [1.165, 1.54) is 42.8 Å². The van der Waals surface area contributed by atoms with Crippen LogP contribution < -0.4 is 0 Å². The van der Waals surface area contributed by atoms with E-state index in [-0.39, 0.29) is 24.4 Å². The highest BCUT2D eigenvalue weighted by molar-refractivity contribution is 7.19. The van der Waals surface area contributed by atoms with Gasteiger partial charge in [0, 0.05) is 22.4 Å². The van der Waals surface area contributed by atoms with Gasteiger partial charge in [0.2, 0.25) is 0 Å². The van der Waals surface area contributed by atoms with E-state index in [2.05, 4.69) is 112 Å². The quantitative estimate of drug-likeness (QED) is 0.153. The Hall–Kier alpha value is -3.28. The number of benzene rings is 4. The lowest BCUT2D eigenvalue weighted by Crippen LogP contribution is -2.46. The average molecular weight is 591 g/mol. The van der Waals surface area contributed by atoms with Crippen molar-refractivity contribution in [3.63, 3.8) is 0 Å². The van der Waals surface area contributed by atoms with Crippen LogP contribution in [-0.4, -0.2) is 18.3 Å². The number of aryl methyl sites for hydroxylation is 2. The molecule has 0 bridgehead atoms. The number of hydrogen-bond acceptors (Lipinski definition) is 4. The molecular weight excluding hydrogens is 548 g/mol. The average Bonchev–Trinajstić information content (AvgIpc) is 3.46. The lowest BCUT2D eigenvalue weighted by Gasteiger charge is -2.42. The van der Waals surface area contributed by atoms with Crippen molar-refractivity contribution in [2.45, 2.75) is 84.1 Å². The topological polar surface area (TPSA) is 27.7 Å². The molecule has 0 unspecified atom stereocenters. The third kappa shape index (κ3) is 7.11. The number of ether oxygens (including phenoxy) is 3. The zero-order valence-corrected chi connectivity index (χ0v) is 26.3. The van der Waals surface area contributed by atoms with E-state index in [1.54, 1.807) is 0 Å². The van der Waals surface area contributed by atoms with E-state index >= 15 is 0 Å². The molecule has 0 radical (unpaired) electrons. The van der Waals surface area contributed by atoms with Crippen LogP contribution >= 0.6 is 11.3 Å². The molecular formula is C39H42O3S. The van der Waals surface area contributed by atoms with Gasteiger partial charge in [-0.05, 0) is 70.7 Å². The number of fused-ring (bicyclic) bond motifs is 1. The Morgan fingerprint density at radius 3 is 2.12 bits per heavy atom. The fraction of sp³-hybridized carbons (Fsp3) is 0.333. The van der Waals surface area contributed by atoms with Crippen molar-refractivity contribution in [3.05, 3.63) is 141 Å². The molecule has 1 aliphatic rings. The van der Waals surface area contributed by atoms with Gasteiger partial charge in [-0.25, -0.2) is 0 Å². The molecule has 0 saturated carbocycles. The van der Waals surface area contributed by atoms with Crippen LogP contribution in [0.4, 0.5) is 0 Å². The first kappa shape index (κ1) is 29.8. The van der Waals surface area contributed by atoms with Crippen molar-refractivity contribution < 1.29 is 14.2 Å². The second-order valence-corrected chi connectivity index (χ2v) is 12.8. The molecule has 3 nitrogen and oxygen atoms in total. The summed E-state index contributed by atoms with van der Waals surface area (Å²) in [5.41, 5.74) is 7.59. The van der Waals surface area contributed by atoms with Gasteiger partial charge >= 0.3 is 0 Å². The van der Waals surface area contributed by atoms with Gasteiger partial charge in [-0.15, -0.1) is 11.3 Å². The summed E-state index contributed by atoms with van der Waals surface area (Å²) in [5.74, 6) is 0. The summed E-state index contributed by atoms with van der Waals surface area (Å²) in [5, 5.41) is 1.32. The Bertz CT molecular complexity index is 1580. The largest absolute Gasteiger partial charge is 0.371 e. The summed E-state index contributed by atoms with van der Waals surface area (Å²) in [6.45, 7) is 7.77. The molecule has 2 heterocycles. The zero-order valence-electron chi connectivity index (χ0n) is 25.5. The van der Waals surface area contributed by atoms with Crippen LogP contribution in [0, 0.1) is 6.92 Å². The fourth-order valence-electron chi connectivity index (χ4n) is 6.29. The molecule has 1 saturated heterocycles. The van der Waals surface area contributed by atoms with Gasteiger partial charge in [0.1, 0.15) is 12.2 Å². The van der Waals surface area contributed by atoms with Crippen molar-refractivity contribution in [2.75, 3.05) is 0 Å². The zero-order chi connectivity index (χ0) is 29.6. The first-order chi connectivity index (χ1) is 21.1. The van der Waals surface area contributed by atoms with Gasteiger partial charge in [0.15, 0.2) is 0 Å². The van der Waals surface area contributed by atoms with Crippen molar-refractivity contribution in [1.29, 1.82) is 0 Å². The van der Waals surface area contributed by atoms with Crippen LogP contribution in [-0.2, 0) is 40.3 Å². The highest BCUT2D eigenvalue weighted by Crippen LogP contribution is 2.40. The van der Waals surface area contributed by atoms with Gasteiger partial charge in [-0.2, -0.15) is 0 Å². The van der Waals surface area contributed by atoms with Crippen molar-refractivity contribution in [3.8, 4) is 0 Å². The summed E-state index contributed by atoms with van der Waals surface area (Å²) >= 11 is 1.90. The van der Waals surface area contributed by atoms with Crippen LogP contribution in [0.1, 0.15) is 71.1 Å². The number of hydrogen-bond donors (Lipinski definition) is 0. The minimum Gasteiger partial charge on any atom is -0.371 e. The summed E-state index contributed by atoms with van der Waals surface area (Å²) in [7, 11) is 0. The van der Waals surface area contributed by atoms with Crippen LogP contribution in [0.3, 0.4) is 0 Å². The summed E-state index contributed by atoms with van der Waals surface area (Å²) < 4.78 is 21.7. The second-order valence-electron chi connectivity index (χ2n) is 11.7. The van der Waals surface area contributed by atoms with Gasteiger partial charge < -0.3 is 14.2 Å². The Balaban J connectivity index is 1.34. The monoisotopic (exact) mass is 590 g/mol. The minimum absolute atomic E-state index is 0.0797. The van der Waals surface area contributed by atoms with Gasteiger partial charge in [-0.1, -0.05) is 105 Å². The van der Waals surface area contributed by atoms with Crippen LogP contribution in [0.25, 0.3) is 10.1 Å². The first-order valence-corrected chi connectivity index (χ1v) is 16.5. The molecule has 0 amide bonds. The molecule has 0 N–H and O–H groups in total. The van der Waals surface area contributed by atoms with Gasteiger partial charge in [-0.3, -0.25) is 0 Å². The van der Waals surface area contributed by atoms with Gasteiger partial charge in [0.25, 0.3) is 0 Å². The Morgan fingerprint density at radius 2 is 1.44 bits per heavy atom. The molecule has 4 heteroatoms. The summed E-state index contributed by atoms with van der Waals surface area (Å²) in [4.78, 5) is 1.39. The molecule has 1 aromatic heterocycles. The third-order valence-electron chi connectivity index (χ3n) is 8.66. The molecule has 1 fully saturated rings. The first-order valence-electron chi connectivity index (χ1n) is 15.7. The van der Waals surface area contributed by atoms with Crippen molar-refractivity contribution in [2.24, 2.45) is 0 Å². The second kappa shape index (κ2) is 14.0. The van der Waals surface area contributed by atoms with E-state index in [1.807, 2.05) is 23.5 Å². The minimum atomic E-state index is -0.227. The molecule has 222 valence electrons. The molecule has 0 spiro atoms. The lowest BCUT2D eigenvalue weighted by molar-refractivity contribution is -0.211. The van der Waals surface area contributed by atoms with Crippen molar-refractivity contribution >= 4 is 21.4 Å². The maximum atomic E-state index is 6.91. The molecule has 4 aromatic carbocycles. The summed E-state index contributed by atoms with van der Waals surface area (Å²) in [6, 6.07) is 36.7. The standard InChI is InChI=1S/C39H42O3S/c1-4-30-20-27(3)35(23-32(30)22-34-21-31-18-12-13-19-37(31)43-34)38-39(41-26-29-16-10-7-11-17-29)36(24-33(5-2)42-38)40-25-28-14-8-6-9-15-28/h6-21,23,33,36,38-39H,4-5,22,24-26H2,1-3H3/t33-,36+,38+,39-/m1/s1. The fourth-order valence-corrected chi connectivity index (χ4v) is 7.37. The Morgan fingerprint density at radius 1 is 0.767 bits per heavy atom. The van der Waals surface area contributed by atoms with Crippen molar-refractivity contribution in [1.82, 2.24) is 0 Å². The number of rotatable bonds is 11. The van der Waals surface area contributed by atoms with Gasteiger partial charge in [0.05, 0.1) is 25.4 Å². The van der Waals surface area contributed by atoms with Crippen LogP contribution in [0.15, 0.2) is 103 Å². The maximum Gasteiger partial charge on any atom is 0.114 e. The molecule has 0 aliphatic carbocycles. The maximum absolute atomic E-state index is 6.91. The normalized spacial score (nSPS) is 20.4. The Labute approximate surface area is 260 Å². The molecule has 1 aliphatic heterocycles. The van der Waals surface area contributed by atoms with E-state index in [0.29, 0.717) is 13.2 Å². The Kier molecular flexibility index (Phi) is 9.70. The van der Waals surface area contributed by atoms with E-state index in [4.69, 9.17) is 14.2 Å². The SMILES string of the molecule is CCc1cc(C)c([C@@H]2O[C@H](CC)C[C@H](OCc3ccccc3)[C@H]2OCc2ccccc2)cc1Cc1cc2ccccc2s1. The van der Waals surface area contributed by atoms with E-state index in [0.717, 1.165) is 31.2 Å². The van der Waals surface area contributed by atoms with E-state index in [9.17, 15) is 0 Å². The number of thiophene rings is 1. The smallest absolute Gasteiger partial charge is 0.114 e.